The fourth-order valence-electron chi connectivity index (χ4n) is 5.71. The lowest BCUT2D eigenvalue weighted by Crippen LogP contribution is -2.54. The first-order chi connectivity index (χ1) is 24.8. The Kier molecular flexibility index (Phi) is 16.7. The summed E-state index contributed by atoms with van der Waals surface area (Å²) >= 11 is 0. The molecule has 0 bridgehead atoms. The molecule has 1 aliphatic rings. The molecule has 1 aromatic carbocycles. The number of likely N-dealkylation sites (tertiary alicyclic amines) is 1. The van der Waals surface area contributed by atoms with Crippen molar-refractivity contribution >= 4 is 30.0 Å². The summed E-state index contributed by atoms with van der Waals surface area (Å²) in [5.41, 5.74) is -1.95. The number of urea groups is 1. The molecule has 0 unspecified atom stereocenters. The molecular formula is C41H68N4O9. The maximum atomic E-state index is 14.1. The van der Waals surface area contributed by atoms with Gasteiger partial charge < -0.3 is 34.5 Å². The minimum atomic E-state index is -1.04. The van der Waals surface area contributed by atoms with Gasteiger partial charge in [0.25, 0.3) is 0 Å². The van der Waals surface area contributed by atoms with Gasteiger partial charge in [-0.25, -0.2) is 14.4 Å². The molecular weight excluding hydrogens is 692 g/mol. The maximum Gasteiger partial charge on any atom is 0.410 e. The van der Waals surface area contributed by atoms with Crippen molar-refractivity contribution in [3.05, 3.63) is 29.8 Å². The van der Waals surface area contributed by atoms with Crippen molar-refractivity contribution in [2.45, 2.75) is 163 Å². The number of carbonyl (C=O) groups excluding carboxylic acids is 5. The highest BCUT2D eigenvalue weighted by atomic mass is 16.6. The van der Waals surface area contributed by atoms with Gasteiger partial charge in [0, 0.05) is 32.6 Å². The van der Waals surface area contributed by atoms with Crippen LogP contribution in [0.2, 0.25) is 0 Å². The van der Waals surface area contributed by atoms with Crippen LogP contribution in [0.3, 0.4) is 0 Å². The van der Waals surface area contributed by atoms with E-state index < -0.39 is 64.8 Å². The van der Waals surface area contributed by atoms with Crippen molar-refractivity contribution in [1.29, 1.82) is 0 Å². The average Bonchev–Trinajstić information content (AvgIpc) is 3.50. The minimum Gasteiger partial charge on any atom is -0.488 e. The molecule has 54 heavy (non-hydrogen) atoms. The molecule has 2 N–H and O–H groups in total. The second kappa shape index (κ2) is 19.5. The largest absolute Gasteiger partial charge is 0.488 e. The summed E-state index contributed by atoms with van der Waals surface area (Å²) in [6.45, 7) is 24.2. The highest BCUT2D eigenvalue weighted by molar-refractivity contribution is 5.87. The van der Waals surface area contributed by atoms with Crippen LogP contribution in [-0.2, 0) is 35.0 Å². The maximum absolute atomic E-state index is 14.1. The molecule has 0 spiro atoms. The standard InChI is InChI=1S/C41H68N4O9/c1-14-15-16-23-44(36(49)43-31(35(48)53-40(8,9)10)25-28-19-21-30(22-20-28)51-38(2,3)4)27-29(34(47)52-39(5,6)7)26-42-33(46)32-18-17-24-45(32)37(50)54-41(11,12)13/h19-22,29,31-32H,14-18,23-27H2,1-13H3,(H,42,46)(H,43,49)/t29-,31+,32+/m1/s1. The van der Waals surface area contributed by atoms with Crippen LogP contribution >= 0.6 is 0 Å². The molecule has 4 amide bonds. The van der Waals surface area contributed by atoms with Gasteiger partial charge in [-0.1, -0.05) is 31.9 Å². The molecule has 2 rings (SSSR count). The Balaban J connectivity index is 2.35. The Hall–Kier alpha value is -4.03. The van der Waals surface area contributed by atoms with E-state index in [2.05, 4.69) is 10.6 Å². The van der Waals surface area contributed by atoms with Gasteiger partial charge in [-0.15, -0.1) is 0 Å². The van der Waals surface area contributed by atoms with E-state index in [1.807, 2.05) is 52.0 Å². The third-order valence-electron chi connectivity index (χ3n) is 7.98. The van der Waals surface area contributed by atoms with Gasteiger partial charge in [0.1, 0.15) is 40.2 Å². The lowest BCUT2D eigenvalue weighted by atomic mass is 10.0. The Morgan fingerprint density at radius 1 is 0.796 bits per heavy atom. The molecule has 1 heterocycles. The smallest absolute Gasteiger partial charge is 0.410 e. The Bertz CT molecular complexity index is 1400. The van der Waals surface area contributed by atoms with Gasteiger partial charge >= 0.3 is 24.1 Å². The van der Waals surface area contributed by atoms with Crippen molar-refractivity contribution < 1.29 is 42.9 Å². The molecule has 3 atom stereocenters. The highest BCUT2D eigenvalue weighted by Crippen LogP contribution is 2.23. The molecule has 1 aromatic rings. The van der Waals surface area contributed by atoms with Crippen LogP contribution in [0.5, 0.6) is 5.75 Å². The van der Waals surface area contributed by atoms with Crippen LogP contribution in [-0.4, -0.2) is 100 Å². The number of nitrogens with zero attached hydrogens (tertiary/aromatic N) is 2. The first-order valence-corrected chi connectivity index (χ1v) is 19.3. The quantitative estimate of drug-likeness (QED) is 0.112. The fraction of sp³-hybridized carbons (Fsp3) is 0.732. The SMILES string of the molecule is CCCCCN(C[C@@H](CNC(=O)[C@@H]1CCCN1C(=O)OC(C)(C)C)C(=O)OC(C)(C)C)C(=O)N[C@@H](Cc1ccc(OC(C)(C)C)cc1)C(=O)OC(C)(C)C. The number of unbranched alkanes of at least 4 members (excludes halogenated alkanes) is 2. The topological polar surface area (TPSA) is 153 Å². The van der Waals surface area contributed by atoms with Crippen molar-refractivity contribution in [3.8, 4) is 5.75 Å². The molecule has 13 heteroatoms. The molecule has 1 aliphatic heterocycles. The van der Waals surface area contributed by atoms with Crippen molar-refractivity contribution in [3.63, 3.8) is 0 Å². The van der Waals surface area contributed by atoms with E-state index in [4.69, 9.17) is 18.9 Å². The summed E-state index contributed by atoms with van der Waals surface area (Å²) in [6, 6.07) is 4.99. The number of nitrogens with one attached hydrogen (secondary N) is 2. The number of ether oxygens (including phenoxy) is 4. The molecule has 306 valence electrons. The molecule has 0 radical (unpaired) electrons. The van der Waals surface area contributed by atoms with Crippen LogP contribution < -0.4 is 15.4 Å². The zero-order valence-electron chi connectivity index (χ0n) is 35.2. The number of hydrogen-bond donors (Lipinski definition) is 2. The van der Waals surface area contributed by atoms with Crippen LogP contribution in [0.4, 0.5) is 9.59 Å². The summed E-state index contributed by atoms with van der Waals surface area (Å²) < 4.78 is 22.9. The number of hydrogen-bond acceptors (Lipinski definition) is 9. The summed E-state index contributed by atoms with van der Waals surface area (Å²) in [4.78, 5) is 70.6. The van der Waals surface area contributed by atoms with E-state index in [1.165, 1.54) is 9.80 Å². The fourth-order valence-corrected chi connectivity index (χ4v) is 5.71. The monoisotopic (exact) mass is 760 g/mol. The number of amides is 4. The van der Waals surface area contributed by atoms with Gasteiger partial charge in [0.2, 0.25) is 5.91 Å². The molecule has 0 saturated carbocycles. The predicted octanol–water partition coefficient (Wildman–Crippen LogP) is 6.79. The summed E-state index contributed by atoms with van der Waals surface area (Å²) in [6.07, 6.45) is 3.04. The van der Waals surface area contributed by atoms with Crippen molar-refractivity contribution in [1.82, 2.24) is 20.4 Å². The normalized spacial score (nSPS) is 16.2. The van der Waals surface area contributed by atoms with Gasteiger partial charge in [-0.3, -0.25) is 14.5 Å². The van der Waals surface area contributed by atoms with Gasteiger partial charge in [0.15, 0.2) is 0 Å². The van der Waals surface area contributed by atoms with Crippen molar-refractivity contribution in [2.24, 2.45) is 5.92 Å². The second-order valence-electron chi connectivity index (χ2n) is 18.1. The van der Waals surface area contributed by atoms with Crippen molar-refractivity contribution in [2.75, 3.05) is 26.2 Å². The Morgan fingerprint density at radius 2 is 1.37 bits per heavy atom. The third-order valence-corrected chi connectivity index (χ3v) is 7.98. The Labute approximate surface area is 323 Å². The number of carbonyl (C=O) groups is 5. The summed E-state index contributed by atoms with van der Waals surface area (Å²) in [5, 5.41) is 5.75. The van der Waals surface area contributed by atoms with Crippen LogP contribution in [0.15, 0.2) is 24.3 Å². The highest BCUT2D eigenvalue weighted by Gasteiger charge is 2.38. The summed E-state index contributed by atoms with van der Waals surface area (Å²) in [5.74, 6) is -1.88. The number of esters is 2. The van der Waals surface area contributed by atoms with E-state index in [-0.39, 0.29) is 25.1 Å². The zero-order valence-corrected chi connectivity index (χ0v) is 35.2. The molecule has 1 saturated heterocycles. The minimum absolute atomic E-state index is 0.0922. The number of benzene rings is 1. The van der Waals surface area contributed by atoms with Crippen LogP contribution in [0, 0.1) is 5.92 Å². The van der Waals surface area contributed by atoms with E-state index >= 15 is 0 Å². The van der Waals surface area contributed by atoms with Crippen LogP contribution in [0.1, 0.15) is 128 Å². The lowest BCUT2D eigenvalue weighted by Gasteiger charge is -2.32. The Morgan fingerprint density at radius 3 is 1.91 bits per heavy atom. The van der Waals surface area contributed by atoms with E-state index in [9.17, 15) is 24.0 Å². The van der Waals surface area contributed by atoms with E-state index in [0.717, 1.165) is 18.4 Å². The van der Waals surface area contributed by atoms with Gasteiger partial charge in [-0.2, -0.15) is 0 Å². The first kappa shape index (κ1) is 46.1. The van der Waals surface area contributed by atoms with Gasteiger partial charge in [-0.05, 0) is 120 Å². The van der Waals surface area contributed by atoms with E-state index in [0.29, 0.717) is 38.1 Å². The molecule has 0 aliphatic carbocycles. The van der Waals surface area contributed by atoms with E-state index in [1.54, 1.807) is 62.3 Å². The first-order valence-electron chi connectivity index (χ1n) is 19.3. The predicted molar refractivity (Wildman–Crippen MR) is 208 cm³/mol. The zero-order chi connectivity index (χ0) is 41.1. The molecule has 1 fully saturated rings. The summed E-state index contributed by atoms with van der Waals surface area (Å²) in [7, 11) is 0. The van der Waals surface area contributed by atoms with Crippen LogP contribution in [0.25, 0.3) is 0 Å². The number of rotatable bonds is 15. The molecule has 13 nitrogen and oxygen atoms in total. The molecule has 0 aromatic heterocycles. The second-order valence-corrected chi connectivity index (χ2v) is 18.1. The average molecular weight is 761 g/mol. The lowest BCUT2D eigenvalue weighted by molar-refractivity contribution is -0.161. The van der Waals surface area contributed by atoms with Gasteiger partial charge in [0.05, 0.1) is 5.92 Å². The third kappa shape index (κ3) is 17.4.